The minimum atomic E-state index is -0.0795. The maximum atomic E-state index is 13.5. The average Bonchev–Trinajstić information content (AvgIpc) is 3.30. The number of hydrogen-bond acceptors (Lipinski definition) is 2. The van der Waals surface area contributed by atoms with Crippen molar-refractivity contribution in [2.24, 2.45) is 53.3 Å². The van der Waals surface area contributed by atoms with E-state index in [-0.39, 0.29) is 29.2 Å². The molecular weight excluding hydrogens is 298 g/mol. The number of allylic oxidation sites excluding steroid dienone is 2. The molecule has 3 heteroatoms. The molecule has 1 heterocycles. The second kappa shape index (κ2) is 3.83. The summed E-state index contributed by atoms with van der Waals surface area (Å²) >= 11 is 0. The van der Waals surface area contributed by atoms with Gasteiger partial charge in [-0.15, -0.1) is 0 Å². The third kappa shape index (κ3) is 1.33. The summed E-state index contributed by atoms with van der Waals surface area (Å²) in [5, 5.41) is 0. The molecule has 126 valence electrons. The first-order valence-corrected chi connectivity index (χ1v) is 10.2. The summed E-state index contributed by atoms with van der Waals surface area (Å²) in [6.07, 6.45) is 13.3. The molecule has 0 aromatic heterocycles. The van der Waals surface area contributed by atoms with Gasteiger partial charge in [-0.2, -0.15) is 0 Å². The van der Waals surface area contributed by atoms with E-state index in [2.05, 4.69) is 12.2 Å². The highest BCUT2D eigenvalue weighted by Crippen LogP contribution is 2.67. The highest BCUT2D eigenvalue weighted by Gasteiger charge is 2.70. The second-order valence-corrected chi connectivity index (χ2v) is 10.3. The molecule has 0 radical (unpaired) electrons. The van der Waals surface area contributed by atoms with Gasteiger partial charge in [-0.3, -0.25) is 14.5 Å². The van der Waals surface area contributed by atoms with E-state index in [9.17, 15) is 9.59 Å². The molecular formula is C21H25NO2. The molecule has 9 aliphatic rings. The molecule has 0 N–H and O–H groups in total. The fourth-order valence-corrected chi connectivity index (χ4v) is 8.76. The first kappa shape index (κ1) is 13.1. The summed E-state index contributed by atoms with van der Waals surface area (Å²) < 4.78 is 0. The molecule has 0 aromatic carbocycles. The summed E-state index contributed by atoms with van der Waals surface area (Å²) in [4.78, 5) is 28.9. The number of carbonyl (C=O) groups is 2. The van der Waals surface area contributed by atoms with Crippen LogP contribution in [0, 0.1) is 53.3 Å². The zero-order chi connectivity index (χ0) is 15.8. The maximum absolute atomic E-state index is 13.5. The monoisotopic (exact) mass is 323 g/mol. The highest BCUT2D eigenvalue weighted by molar-refractivity contribution is 6.07. The first-order valence-electron chi connectivity index (χ1n) is 10.2. The Bertz CT molecular complexity index is 637. The SMILES string of the molecule is O=C1[C@@H]2[C@@H]3C=C[C@H]([C@H]4C[C@H]34)[C@@H]2C(=O)N1C12CC3CC(CC(C3)C1)C2. The number of amides is 2. The molecule has 0 spiro atoms. The zero-order valence-corrected chi connectivity index (χ0v) is 14.1. The summed E-state index contributed by atoms with van der Waals surface area (Å²) in [5.74, 6) is 5.00. The molecule has 3 nitrogen and oxygen atoms in total. The van der Waals surface area contributed by atoms with Crippen LogP contribution in [0.25, 0.3) is 0 Å². The van der Waals surface area contributed by atoms with Crippen molar-refractivity contribution in [1.29, 1.82) is 0 Å². The van der Waals surface area contributed by atoms with Crippen molar-refractivity contribution in [3.8, 4) is 0 Å². The number of carbonyl (C=O) groups excluding carboxylic acids is 2. The van der Waals surface area contributed by atoms with Crippen LogP contribution in [0.2, 0.25) is 0 Å². The normalized spacial score (nSPS) is 61.5. The topological polar surface area (TPSA) is 37.4 Å². The van der Waals surface area contributed by atoms with Gasteiger partial charge in [0.2, 0.25) is 11.8 Å². The van der Waals surface area contributed by atoms with Crippen molar-refractivity contribution in [3.05, 3.63) is 12.2 Å². The van der Waals surface area contributed by atoms with Gasteiger partial charge >= 0.3 is 0 Å². The van der Waals surface area contributed by atoms with Gasteiger partial charge < -0.3 is 0 Å². The Hall–Kier alpha value is -1.12. The Morgan fingerprint density at radius 1 is 0.750 bits per heavy atom. The van der Waals surface area contributed by atoms with Crippen molar-refractivity contribution in [1.82, 2.24) is 4.90 Å². The van der Waals surface area contributed by atoms with Gasteiger partial charge in [0.25, 0.3) is 0 Å². The number of likely N-dealkylation sites (tertiary alicyclic amines) is 1. The molecule has 8 aliphatic carbocycles. The van der Waals surface area contributed by atoms with Crippen LogP contribution in [0.4, 0.5) is 0 Å². The fraction of sp³-hybridized carbons (Fsp3) is 0.810. The number of imide groups is 1. The minimum Gasteiger partial charge on any atom is -0.276 e. The summed E-state index contributed by atoms with van der Waals surface area (Å²) in [6, 6.07) is 0. The van der Waals surface area contributed by atoms with Crippen LogP contribution < -0.4 is 0 Å². The predicted octanol–water partition coefficient (Wildman–Crippen LogP) is 3.01. The van der Waals surface area contributed by atoms with E-state index < -0.39 is 0 Å². The Morgan fingerprint density at radius 2 is 1.21 bits per heavy atom. The Kier molecular flexibility index (Phi) is 2.10. The summed E-state index contributed by atoms with van der Waals surface area (Å²) in [5.41, 5.74) is -0.0795. The van der Waals surface area contributed by atoms with E-state index in [0.29, 0.717) is 23.7 Å². The molecule has 6 atom stereocenters. The number of rotatable bonds is 1. The smallest absolute Gasteiger partial charge is 0.234 e. The van der Waals surface area contributed by atoms with E-state index in [4.69, 9.17) is 0 Å². The van der Waals surface area contributed by atoms with E-state index in [1.165, 1.54) is 25.7 Å². The van der Waals surface area contributed by atoms with Crippen molar-refractivity contribution < 1.29 is 9.59 Å². The molecule has 2 amide bonds. The van der Waals surface area contributed by atoms with Gasteiger partial charge in [-0.25, -0.2) is 0 Å². The maximum Gasteiger partial charge on any atom is 0.234 e. The third-order valence-electron chi connectivity index (χ3n) is 9.14. The van der Waals surface area contributed by atoms with Crippen LogP contribution >= 0.6 is 0 Å². The lowest BCUT2D eigenvalue weighted by Gasteiger charge is -2.59. The number of hydrogen-bond donors (Lipinski definition) is 0. The zero-order valence-electron chi connectivity index (χ0n) is 14.1. The molecule has 9 rings (SSSR count). The van der Waals surface area contributed by atoms with E-state index in [0.717, 1.165) is 37.0 Å². The van der Waals surface area contributed by atoms with E-state index in [1.54, 1.807) is 0 Å². The van der Waals surface area contributed by atoms with Crippen LogP contribution in [0.15, 0.2) is 12.2 Å². The van der Waals surface area contributed by atoms with Gasteiger partial charge in [-0.1, -0.05) is 12.2 Å². The lowest BCUT2D eigenvalue weighted by atomic mass is 9.52. The molecule has 0 unspecified atom stereocenters. The Labute approximate surface area is 142 Å². The highest BCUT2D eigenvalue weighted by atomic mass is 16.2. The molecule has 6 saturated carbocycles. The predicted molar refractivity (Wildman–Crippen MR) is 87.5 cm³/mol. The van der Waals surface area contributed by atoms with Crippen LogP contribution in [0.1, 0.15) is 44.9 Å². The number of nitrogens with zero attached hydrogens (tertiary/aromatic N) is 1. The lowest BCUT2D eigenvalue weighted by molar-refractivity contribution is -0.159. The molecule has 6 bridgehead atoms. The summed E-state index contributed by atoms with van der Waals surface area (Å²) in [7, 11) is 0. The molecule has 0 aromatic rings. The first-order chi connectivity index (χ1) is 11.6. The van der Waals surface area contributed by atoms with E-state index >= 15 is 0 Å². The van der Waals surface area contributed by atoms with Crippen molar-refractivity contribution in [2.75, 3.05) is 0 Å². The van der Waals surface area contributed by atoms with Crippen LogP contribution in [-0.2, 0) is 9.59 Å². The van der Waals surface area contributed by atoms with Crippen LogP contribution in [0.3, 0.4) is 0 Å². The fourth-order valence-electron chi connectivity index (χ4n) is 8.76. The molecule has 7 fully saturated rings. The average molecular weight is 323 g/mol. The van der Waals surface area contributed by atoms with Crippen molar-refractivity contribution in [2.45, 2.75) is 50.5 Å². The standard InChI is InChI=1S/C21H25NO2/c23-19-17-13-1-2-14(16-6-15(13)16)18(17)20(24)22(19)21-7-10-3-11(8-21)5-12(4-10)9-21/h1-2,10-18H,3-9H2/t10?,11?,12?,13-,14-,15-,16-,17-,18+,21?/m1/s1. The summed E-state index contributed by atoms with van der Waals surface area (Å²) in [6.45, 7) is 0. The van der Waals surface area contributed by atoms with Crippen LogP contribution in [-0.4, -0.2) is 22.3 Å². The molecule has 24 heavy (non-hydrogen) atoms. The Morgan fingerprint density at radius 3 is 1.67 bits per heavy atom. The largest absolute Gasteiger partial charge is 0.276 e. The van der Waals surface area contributed by atoms with Gasteiger partial charge in [0.1, 0.15) is 0 Å². The van der Waals surface area contributed by atoms with Crippen molar-refractivity contribution in [3.63, 3.8) is 0 Å². The third-order valence-corrected chi connectivity index (χ3v) is 9.14. The second-order valence-electron chi connectivity index (χ2n) is 10.3. The molecule has 1 saturated heterocycles. The van der Waals surface area contributed by atoms with Crippen molar-refractivity contribution >= 4 is 11.8 Å². The van der Waals surface area contributed by atoms with Gasteiger partial charge in [0.15, 0.2) is 0 Å². The lowest BCUT2D eigenvalue weighted by Crippen LogP contribution is -2.62. The van der Waals surface area contributed by atoms with Gasteiger partial charge in [0, 0.05) is 0 Å². The molecule has 1 aliphatic heterocycles. The van der Waals surface area contributed by atoms with Crippen LogP contribution in [0.5, 0.6) is 0 Å². The van der Waals surface area contributed by atoms with E-state index in [1.807, 2.05) is 4.90 Å². The van der Waals surface area contributed by atoms with Gasteiger partial charge in [-0.05, 0) is 86.4 Å². The minimum absolute atomic E-state index is 0.00394. The quantitative estimate of drug-likeness (QED) is 0.549. The Balaban J connectivity index is 1.32. The van der Waals surface area contributed by atoms with Gasteiger partial charge in [0.05, 0.1) is 17.4 Å².